The van der Waals surface area contributed by atoms with Crippen LogP contribution in [0.25, 0.3) is 0 Å². The molecule has 0 spiro atoms. The van der Waals surface area contributed by atoms with Crippen LogP contribution in [0.4, 0.5) is 0 Å². The molecule has 0 atom stereocenters. The molecule has 0 rings (SSSR count). The molecule has 1 heteroatoms. The van der Waals surface area contributed by atoms with Gasteiger partial charge in [0.15, 0.2) is 0 Å². The normalized spacial score (nSPS) is 12.6. The van der Waals surface area contributed by atoms with Crippen LogP contribution in [0.3, 0.4) is 0 Å². The van der Waals surface area contributed by atoms with Gasteiger partial charge in [-0.15, -0.1) is 6.58 Å². The smallest absolute Gasteiger partial charge is 0.0370 e. The zero-order valence-corrected chi connectivity index (χ0v) is 9.85. The molecule has 0 bridgehead atoms. The van der Waals surface area contributed by atoms with Crippen molar-refractivity contribution in [2.45, 2.75) is 45.6 Å². The van der Waals surface area contributed by atoms with E-state index in [2.05, 4.69) is 44.5 Å². The molecule has 0 saturated carbocycles. The molecule has 0 N–H and O–H groups in total. The highest BCUT2D eigenvalue weighted by molar-refractivity contribution is 6.16. The summed E-state index contributed by atoms with van der Waals surface area (Å²) in [5, 5.41) is 0.155. The molecule has 0 amide bonds. The van der Waals surface area contributed by atoms with Gasteiger partial charge in [0.1, 0.15) is 0 Å². The van der Waals surface area contributed by atoms with E-state index < -0.39 is 0 Å². The summed E-state index contributed by atoms with van der Waals surface area (Å²) in [7, 11) is 3.82. The van der Waals surface area contributed by atoms with Crippen molar-refractivity contribution >= 4 is 10.2 Å². The maximum atomic E-state index is 3.89. The summed E-state index contributed by atoms with van der Waals surface area (Å²) in [5.74, 6) is 1.44. The maximum absolute atomic E-state index is 3.89. The van der Waals surface area contributed by atoms with E-state index >= 15 is 0 Å². The average molecular weight is 181 g/mol. The Hall–Kier alpha value is -0.0431. The predicted molar refractivity (Wildman–Crippen MR) is 57.6 cm³/mol. The number of hydrogen-bond donors (Lipinski definition) is 0. The summed E-state index contributed by atoms with van der Waals surface area (Å²) in [6.45, 7) is 12.9. The molecule has 0 unspecified atom stereocenters. The molecule has 12 heavy (non-hydrogen) atoms. The Morgan fingerprint density at radius 3 is 1.67 bits per heavy atom. The minimum Gasteiger partial charge on any atom is -0.103 e. The first-order valence-electron chi connectivity index (χ1n) is 4.78. The van der Waals surface area contributed by atoms with E-state index in [1.165, 1.54) is 12.8 Å². The molecule has 0 heterocycles. The summed E-state index contributed by atoms with van der Waals surface area (Å²) >= 11 is 0. The quantitative estimate of drug-likeness (QED) is 0.449. The Kier molecular flexibility index (Phi) is 4.84. The van der Waals surface area contributed by atoms with Gasteiger partial charge in [-0.1, -0.05) is 33.8 Å². The van der Waals surface area contributed by atoms with E-state index in [9.17, 15) is 0 Å². The van der Waals surface area contributed by atoms with Gasteiger partial charge in [-0.3, -0.25) is 0 Å². The Morgan fingerprint density at radius 2 is 1.50 bits per heavy atom. The zero-order valence-electron chi connectivity index (χ0n) is 8.85. The number of hydrogen-bond acceptors (Lipinski definition) is 0. The van der Waals surface area contributed by atoms with Crippen LogP contribution < -0.4 is 0 Å². The minimum atomic E-state index is 0.155. The lowest BCUT2D eigenvalue weighted by atomic mass is 9.88. The highest BCUT2D eigenvalue weighted by atomic mass is 28.1. The fourth-order valence-corrected chi connectivity index (χ4v) is 2.52. The first-order chi connectivity index (χ1) is 5.39. The van der Waals surface area contributed by atoms with Crippen molar-refractivity contribution in [3.8, 4) is 0 Å². The van der Waals surface area contributed by atoms with Gasteiger partial charge in [-0.2, -0.15) is 0 Å². The zero-order chi connectivity index (χ0) is 9.78. The van der Waals surface area contributed by atoms with Crippen LogP contribution in [-0.2, 0) is 0 Å². The van der Waals surface area contributed by atoms with E-state index in [1.807, 2.05) is 6.08 Å². The van der Waals surface area contributed by atoms with Crippen molar-refractivity contribution in [1.82, 2.24) is 0 Å². The third-order valence-electron chi connectivity index (χ3n) is 1.94. The van der Waals surface area contributed by atoms with Crippen molar-refractivity contribution in [3.63, 3.8) is 0 Å². The second-order valence-corrected chi connectivity index (χ2v) is 5.55. The van der Waals surface area contributed by atoms with Crippen molar-refractivity contribution in [1.29, 1.82) is 0 Å². The Labute approximate surface area is 80.9 Å². The standard InChI is InChI=1S/C11H21Si/c1-6-11(12,7-9(2)3)8-10(4)5/h6,9-10H,1,7-8H2,2-5H3. The molecule has 0 aliphatic rings. The van der Waals surface area contributed by atoms with Gasteiger partial charge in [-0.05, 0) is 29.7 Å². The van der Waals surface area contributed by atoms with Crippen LogP contribution in [0.1, 0.15) is 40.5 Å². The monoisotopic (exact) mass is 181 g/mol. The maximum Gasteiger partial charge on any atom is 0.0370 e. The number of allylic oxidation sites excluding steroid dienone is 1. The first-order valence-corrected chi connectivity index (χ1v) is 5.28. The van der Waals surface area contributed by atoms with Gasteiger partial charge in [0.05, 0.1) is 0 Å². The van der Waals surface area contributed by atoms with Crippen LogP contribution in [-0.4, -0.2) is 10.2 Å². The Morgan fingerprint density at radius 1 is 1.17 bits per heavy atom. The van der Waals surface area contributed by atoms with Crippen LogP contribution >= 0.6 is 0 Å². The highest BCUT2D eigenvalue weighted by Gasteiger charge is 2.22. The van der Waals surface area contributed by atoms with Crippen LogP contribution in [0, 0.1) is 11.8 Å². The summed E-state index contributed by atoms with van der Waals surface area (Å²) in [4.78, 5) is 0. The van der Waals surface area contributed by atoms with Gasteiger partial charge in [0.25, 0.3) is 0 Å². The third-order valence-corrected chi connectivity index (χ3v) is 2.55. The molecule has 0 fully saturated rings. The summed E-state index contributed by atoms with van der Waals surface area (Å²) in [6.07, 6.45) is 4.39. The molecule has 3 radical (unpaired) electrons. The molecular formula is C11H21Si. The SMILES string of the molecule is C=CC([Si])(CC(C)C)CC(C)C. The van der Waals surface area contributed by atoms with E-state index in [0.717, 1.165) is 11.8 Å². The van der Waals surface area contributed by atoms with Crippen molar-refractivity contribution in [2.24, 2.45) is 11.8 Å². The van der Waals surface area contributed by atoms with Crippen molar-refractivity contribution in [3.05, 3.63) is 12.7 Å². The topological polar surface area (TPSA) is 0 Å². The second-order valence-electron chi connectivity index (χ2n) is 4.56. The Balaban J connectivity index is 4.14. The van der Waals surface area contributed by atoms with Gasteiger partial charge in [0, 0.05) is 10.2 Å². The predicted octanol–water partition coefficient (Wildman–Crippen LogP) is 3.59. The molecular weight excluding hydrogens is 160 g/mol. The summed E-state index contributed by atoms with van der Waals surface area (Å²) in [5.41, 5.74) is 0. The van der Waals surface area contributed by atoms with Crippen molar-refractivity contribution < 1.29 is 0 Å². The van der Waals surface area contributed by atoms with Gasteiger partial charge in [-0.25, -0.2) is 0 Å². The van der Waals surface area contributed by atoms with Gasteiger partial charge in [0.2, 0.25) is 0 Å². The average Bonchev–Trinajstić information content (AvgIpc) is 1.83. The minimum absolute atomic E-state index is 0.155. The fourth-order valence-electron chi connectivity index (χ4n) is 1.71. The lowest BCUT2D eigenvalue weighted by Crippen LogP contribution is -2.15. The van der Waals surface area contributed by atoms with Crippen LogP contribution in [0.2, 0.25) is 5.04 Å². The van der Waals surface area contributed by atoms with Crippen LogP contribution in [0.15, 0.2) is 12.7 Å². The second kappa shape index (κ2) is 4.86. The van der Waals surface area contributed by atoms with E-state index in [1.54, 1.807) is 0 Å². The molecule has 0 nitrogen and oxygen atoms in total. The van der Waals surface area contributed by atoms with E-state index in [4.69, 9.17) is 0 Å². The van der Waals surface area contributed by atoms with Gasteiger partial charge >= 0.3 is 0 Å². The molecule has 0 aliphatic carbocycles. The summed E-state index contributed by atoms with van der Waals surface area (Å²) in [6, 6.07) is 0. The Bertz CT molecular complexity index is 126. The molecule has 0 saturated heterocycles. The van der Waals surface area contributed by atoms with Crippen LogP contribution in [0.5, 0.6) is 0 Å². The largest absolute Gasteiger partial charge is 0.103 e. The molecule has 0 aromatic rings. The number of rotatable bonds is 5. The fraction of sp³-hybridized carbons (Fsp3) is 0.818. The summed E-state index contributed by atoms with van der Waals surface area (Å²) < 4.78 is 0. The lowest BCUT2D eigenvalue weighted by Gasteiger charge is -2.29. The highest BCUT2D eigenvalue weighted by Crippen LogP contribution is 2.38. The van der Waals surface area contributed by atoms with Gasteiger partial charge < -0.3 is 0 Å². The van der Waals surface area contributed by atoms with Crippen molar-refractivity contribution in [2.75, 3.05) is 0 Å². The molecule has 0 aromatic heterocycles. The van der Waals surface area contributed by atoms with E-state index in [-0.39, 0.29) is 5.04 Å². The lowest BCUT2D eigenvalue weighted by molar-refractivity contribution is 0.417. The third kappa shape index (κ3) is 4.76. The van der Waals surface area contributed by atoms with E-state index in [0.29, 0.717) is 0 Å². The molecule has 69 valence electrons. The first kappa shape index (κ1) is 12.0. The molecule has 0 aliphatic heterocycles. The molecule has 0 aromatic carbocycles.